The van der Waals surface area contributed by atoms with E-state index in [1.54, 1.807) is 0 Å². The fourth-order valence-electron chi connectivity index (χ4n) is 0.538. The second-order valence-corrected chi connectivity index (χ2v) is 1.55. The van der Waals surface area contributed by atoms with Crippen molar-refractivity contribution < 1.29 is 14.9 Å². The maximum atomic E-state index is 8.86. The predicted octanol–water partition coefficient (Wildman–Crippen LogP) is -1.40. The van der Waals surface area contributed by atoms with E-state index in [1.165, 1.54) is 7.11 Å². The third-order valence-corrected chi connectivity index (χ3v) is 0.970. The molecule has 58 valence electrons. The van der Waals surface area contributed by atoms with Gasteiger partial charge in [0, 0.05) is 0 Å². The van der Waals surface area contributed by atoms with Crippen molar-refractivity contribution in [2.75, 3.05) is 7.11 Å². The summed E-state index contributed by atoms with van der Waals surface area (Å²) in [5.74, 6) is -0.840. The molecule has 1 rings (SSSR count). The number of aromatic hydroxyl groups is 2. The molecule has 0 bridgehead atoms. The van der Waals surface area contributed by atoms with Crippen molar-refractivity contribution in [3.63, 3.8) is 0 Å². The first-order chi connectivity index (χ1) is 4.75. The Morgan fingerprint density at radius 2 is 1.58 bits per heavy atom. The van der Waals surface area contributed by atoms with E-state index in [0.29, 0.717) is 0 Å². The third-order valence-electron chi connectivity index (χ3n) is 0.970. The first-order valence-electron chi connectivity index (χ1n) is 2.52. The molecule has 0 radical (unpaired) electrons. The van der Waals surface area contributed by atoms with Crippen molar-refractivity contribution in [2.24, 2.45) is 0 Å². The number of rotatable bonds is 1. The first kappa shape index (κ1) is 15.0. The number of hydrogen-bond donors (Lipinski definition) is 2. The molecule has 0 atom stereocenters. The van der Waals surface area contributed by atoms with Crippen LogP contribution in [0.1, 0.15) is 0 Å². The third kappa shape index (κ3) is 3.47. The summed E-state index contributed by atoms with van der Waals surface area (Å²) in [7, 11) is 1.30. The average molecular weight is 190 g/mol. The van der Waals surface area contributed by atoms with Gasteiger partial charge in [-0.15, -0.1) is 0 Å². The Morgan fingerprint density at radius 3 is 1.83 bits per heavy atom. The fraction of sp³-hybridized carbons (Fsp3) is 0.200. The van der Waals surface area contributed by atoms with Crippen LogP contribution in [0.4, 0.5) is 0 Å². The van der Waals surface area contributed by atoms with Gasteiger partial charge in [-0.1, -0.05) is 0 Å². The average Bonchev–Trinajstić information content (AvgIpc) is 1.88. The van der Waals surface area contributed by atoms with E-state index < -0.39 is 0 Å². The van der Waals surface area contributed by atoms with Crippen molar-refractivity contribution in [2.45, 2.75) is 0 Å². The summed E-state index contributed by atoms with van der Waals surface area (Å²) in [4.78, 5) is 6.74. The first-order valence-corrected chi connectivity index (χ1v) is 2.52. The summed E-state index contributed by atoms with van der Waals surface area (Å²) in [5.41, 5.74) is 0. The molecule has 1 aromatic rings. The van der Waals surface area contributed by atoms with Gasteiger partial charge < -0.3 is 14.9 Å². The van der Waals surface area contributed by atoms with Crippen LogP contribution in [0.2, 0.25) is 0 Å². The molecule has 0 fully saturated rings. The summed E-state index contributed by atoms with van der Waals surface area (Å²) in [5, 5.41) is 17.7. The number of hydrogen-bond acceptors (Lipinski definition) is 5. The Balaban J connectivity index is 0. The molecule has 1 heterocycles. The second kappa shape index (κ2) is 6.94. The standard InChI is InChI=1S/C5H6N2O3.2Na.2H/c1-10-3-4(8)6-2-7-5(3)9;;;;/h2H,1H3,(H2,6,7,8,9);;;;. The Labute approximate surface area is 114 Å². The van der Waals surface area contributed by atoms with Crippen molar-refractivity contribution in [1.29, 1.82) is 0 Å². The van der Waals surface area contributed by atoms with Gasteiger partial charge in [-0.25, -0.2) is 0 Å². The van der Waals surface area contributed by atoms with Crippen LogP contribution >= 0.6 is 0 Å². The van der Waals surface area contributed by atoms with Gasteiger partial charge in [0.1, 0.15) is 6.33 Å². The van der Waals surface area contributed by atoms with E-state index in [9.17, 15) is 0 Å². The molecule has 5 nitrogen and oxygen atoms in total. The molecule has 12 heavy (non-hydrogen) atoms. The number of aromatic nitrogens is 2. The van der Waals surface area contributed by atoms with E-state index in [4.69, 9.17) is 10.2 Å². The molecule has 0 aliphatic heterocycles. The summed E-state index contributed by atoms with van der Waals surface area (Å²) in [6.07, 6.45) is 1.03. The molecule has 0 aliphatic carbocycles. The number of ether oxygens (including phenoxy) is 1. The topological polar surface area (TPSA) is 75.5 Å². The molecule has 0 aliphatic rings. The molecule has 0 saturated carbocycles. The normalized spacial score (nSPS) is 7.75. The number of methoxy groups -OCH3 is 1. The van der Waals surface area contributed by atoms with Gasteiger partial charge in [0.05, 0.1) is 7.11 Å². The Hall–Kier alpha value is 0.480. The zero-order chi connectivity index (χ0) is 7.56. The van der Waals surface area contributed by atoms with Gasteiger partial charge in [0.15, 0.2) is 0 Å². The summed E-state index contributed by atoms with van der Waals surface area (Å²) < 4.78 is 4.55. The molecule has 7 heteroatoms. The molecule has 0 spiro atoms. The van der Waals surface area contributed by atoms with Gasteiger partial charge in [-0.3, -0.25) is 0 Å². The molecular weight excluding hydrogens is 182 g/mol. The molecular formula is C5H8N2Na2O3. The van der Waals surface area contributed by atoms with Crippen LogP contribution in [0.15, 0.2) is 6.33 Å². The van der Waals surface area contributed by atoms with E-state index in [-0.39, 0.29) is 76.6 Å². The van der Waals surface area contributed by atoms with Crippen LogP contribution in [-0.2, 0) is 0 Å². The fourth-order valence-corrected chi connectivity index (χ4v) is 0.538. The van der Waals surface area contributed by atoms with Crippen LogP contribution in [0.25, 0.3) is 0 Å². The summed E-state index contributed by atoms with van der Waals surface area (Å²) >= 11 is 0. The molecule has 2 N–H and O–H groups in total. The van der Waals surface area contributed by atoms with Gasteiger partial charge in [0.2, 0.25) is 5.75 Å². The Kier molecular flexibility index (Phi) is 8.66. The van der Waals surface area contributed by atoms with E-state index in [0.717, 1.165) is 6.33 Å². The Morgan fingerprint density at radius 1 is 1.17 bits per heavy atom. The van der Waals surface area contributed by atoms with Gasteiger partial charge >= 0.3 is 59.1 Å². The van der Waals surface area contributed by atoms with Crippen LogP contribution in [0.3, 0.4) is 0 Å². The van der Waals surface area contributed by atoms with Gasteiger partial charge in [0.25, 0.3) is 11.8 Å². The van der Waals surface area contributed by atoms with Crippen LogP contribution in [-0.4, -0.2) is 86.4 Å². The van der Waals surface area contributed by atoms with Crippen molar-refractivity contribution in [3.8, 4) is 17.5 Å². The van der Waals surface area contributed by atoms with E-state index >= 15 is 0 Å². The number of nitrogens with zero attached hydrogens (tertiary/aromatic N) is 2. The summed E-state index contributed by atoms with van der Waals surface area (Å²) in [6.45, 7) is 0. The van der Waals surface area contributed by atoms with Crippen molar-refractivity contribution in [3.05, 3.63) is 6.33 Å². The van der Waals surface area contributed by atoms with Crippen LogP contribution in [0, 0.1) is 0 Å². The second-order valence-electron chi connectivity index (χ2n) is 1.55. The zero-order valence-electron chi connectivity index (χ0n) is 5.27. The Bertz CT molecular complexity index is 226. The van der Waals surface area contributed by atoms with E-state index in [2.05, 4.69) is 14.7 Å². The molecule has 1 aromatic heterocycles. The monoisotopic (exact) mass is 190 g/mol. The summed E-state index contributed by atoms with van der Waals surface area (Å²) in [6, 6.07) is 0. The SMILES string of the molecule is COc1c(O)ncnc1O.[NaH].[NaH]. The minimum absolute atomic E-state index is 0. The minimum atomic E-state index is -0.366. The molecule has 0 unspecified atom stereocenters. The molecule has 0 aromatic carbocycles. The maximum absolute atomic E-state index is 8.86. The zero-order valence-corrected chi connectivity index (χ0v) is 5.27. The van der Waals surface area contributed by atoms with Crippen LogP contribution < -0.4 is 4.74 Å². The molecule has 0 saturated heterocycles. The quantitative estimate of drug-likeness (QED) is 0.532. The van der Waals surface area contributed by atoms with Crippen molar-refractivity contribution >= 4 is 59.1 Å². The predicted molar refractivity (Wildman–Crippen MR) is 46.2 cm³/mol. The molecule has 0 amide bonds. The van der Waals surface area contributed by atoms with Crippen LogP contribution in [0.5, 0.6) is 17.5 Å². The van der Waals surface area contributed by atoms with Gasteiger partial charge in [-0.05, 0) is 0 Å². The van der Waals surface area contributed by atoms with Gasteiger partial charge in [-0.2, -0.15) is 9.97 Å². The van der Waals surface area contributed by atoms with Crippen molar-refractivity contribution in [1.82, 2.24) is 9.97 Å². The van der Waals surface area contributed by atoms with E-state index in [1.807, 2.05) is 0 Å².